The van der Waals surface area contributed by atoms with Crippen molar-refractivity contribution >= 4 is 29.0 Å². The number of aromatic nitrogens is 2. The van der Waals surface area contributed by atoms with E-state index in [1.54, 1.807) is 25.1 Å². The highest BCUT2D eigenvalue weighted by Crippen LogP contribution is 2.36. The molecule has 3 rings (SSSR count). The van der Waals surface area contributed by atoms with Crippen molar-refractivity contribution in [2.75, 3.05) is 37.5 Å². The van der Waals surface area contributed by atoms with E-state index in [4.69, 9.17) is 21.1 Å². The quantitative estimate of drug-likeness (QED) is 0.838. The van der Waals surface area contributed by atoms with Gasteiger partial charge in [-0.25, -0.2) is 9.97 Å². The van der Waals surface area contributed by atoms with E-state index in [0.717, 1.165) is 31.7 Å². The number of benzene rings is 1. The number of carbonyl (C=O) groups is 1. The van der Waals surface area contributed by atoms with Gasteiger partial charge in [0.1, 0.15) is 28.8 Å². The Kier molecular flexibility index (Phi) is 6.01. The Hall–Kier alpha value is -2.54. The lowest BCUT2D eigenvalue weighted by Crippen LogP contribution is -2.31. The normalized spacial score (nSPS) is 14.0. The summed E-state index contributed by atoms with van der Waals surface area (Å²) in [7, 11) is 3.02. The van der Waals surface area contributed by atoms with Crippen LogP contribution in [0.15, 0.2) is 18.2 Å². The van der Waals surface area contributed by atoms with Gasteiger partial charge in [-0.2, -0.15) is 0 Å². The van der Waals surface area contributed by atoms with Crippen LogP contribution in [-0.2, 0) is 0 Å². The van der Waals surface area contributed by atoms with Gasteiger partial charge in [-0.15, -0.1) is 0 Å². The number of carbonyl (C=O) groups excluding carboxylic acids is 1. The first kappa shape index (κ1) is 19.2. The third-order valence-electron chi connectivity index (χ3n) is 4.46. The lowest BCUT2D eigenvalue weighted by Gasteiger charge is -2.28. The molecule has 0 atom stereocenters. The van der Waals surface area contributed by atoms with E-state index < -0.39 is 0 Å². The number of nitrogens with one attached hydrogen (secondary N) is 1. The number of piperidine rings is 1. The molecule has 0 aliphatic carbocycles. The van der Waals surface area contributed by atoms with Crippen molar-refractivity contribution in [3.8, 4) is 11.5 Å². The Bertz CT molecular complexity index is 838. The number of amides is 1. The molecule has 2 heterocycles. The van der Waals surface area contributed by atoms with Gasteiger partial charge in [0.05, 0.1) is 24.9 Å². The van der Waals surface area contributed by atoms with Crippen molar-refractivity contribution in [3.05, 3.63) is 34.7 Å². The zero-order valence-electron chi connectivity index (χ0n) is 15.7. The number of methoxy groups -OCH3 is 2. The Labute approximate surface area is 163 Å². The minimum Gasteiger partial charge on any atom is -0.495 e. The van der Waals surface area contributed by atoms with Crippen molar-refractivity contribution in [2.24, 2.45) is 0 Å². The van der Waals surface area contributed by atoms with Crippen LogP contribution in [0, 0.1) is 6.92 Å². The van der Waals surface area contributed by atoms with Crippen LogP contribution in [0.2, 0.25) is 5.02 Å². The molecule has 0 spiro atoms. The predicted molar refractivity (Wildman–Crippen MR) is 105 cm³/mol. The molecule has 1 amide bonds. The van der Waals surface area contributed by atoms with Crippen LogP contribution >= 0.6 is 11.6 Å². The summed E-state index contributed by atoms with van der Waals surface area (Å²) in [5.41, 5.74) is 0.763. The van der Waals surface area contributed by atoms with Crippen molar-refractivity contribution in [1.82, 2.24) is 9.97 Å². The van der Waals surface area contributed by atoms with Crippen LogP contribution in [-0.4, -0.2) is 43.2 Å². The average Bonchev–Trinajstić information content (AvgIpc) is 2.69. The van der Waals surface area contributed by atoms with E-state index in [2.05, 4.69) is 20.2 Å². The number of aryl methyl sites for hydroxylation is 1. The van der Waals surface area contributed by atoms with E-state index in [-0.39, 0.29) is 5.91 Å². The van der Waals surface area contributed by atoms with Crippen molar-refractivity contribution in [3.63, 3.8) is 0 Å². The summed E-state index contributed by atoms with van der Waals surface area (Å²) in [5.74, 6) is 1.88. The molecule has 0 bridgehead atoms. The average molecular weight is 391 g/mol. The van der Waals surface area contributed by atoms with Crippen LogP contribution in [0.4, 0.5) is 11.5 Å². The maximum absolute atomic E-state index is 12.8. The molecule has 2 aromatic rings. The molecule has 1 aliphatic heterocycles. The van der Waals surface area contributed by atoms with E-state index >= 15 is 0 Å². The molecule has 7 nitrogen and oxygen atoms in total. The Balaban J connectivity index is 1.87. The number of hydrogen-bond donors (Lipinski definition) is 1. The fourth-order valence-corrected chi connectivity index (χ4v) is 3.33. The number of hydrogen-bond acceptors (Lipinski definition) is 6. The first-order chi connectivity index (χ1) is 13.0. The second kappa shape index (κ2) is 8.43. The Morgan fingerprint density at radius 2 is 1.78 bits per heavy atom. The summed E-state index contributed by atoms with van der Waals surface area (Å²) in [5, 5.41) is 3.23. The Morgan fingerprint density at radius 3 is 2.44 bits per heavy atom. The lowest BCUT2D eigenvalue weighted by molar-refractivity contribution is 0.102. The molecule has 1 fully saturated rings. The SMILES string of the molecule is COc1cc(NC(=O)c2cc(N3CCCCC3)nc(C)n2)c(OC)cc1Cl. The maximum atomic E-state index is 12.8. The summed E-state index contributed by atoms with van der Waals surface area (Å²) < 4.78 is 10.5. The van der Waals surface area contributed by atoms with E-state index in [1.165, 1.54) is 20.6 Å². The molecule has 0 unspecified atom stereocenters. The molecule has 1 aromatic heterocycles. The zero-order chi connectivity index (χ0) is 19.4. The molecule has 27 heavy (non-hydrogen) atoms. The summed E-state index contributed by atoms with van der Waals surface area (Å²) in [6.45, 7) is 3.68. The fraction of sp³-hybridized carbons (Fsp3) is 0.421. The fourth-order valence-electron chi connectivity index (χ4n) is 3.10. The molecular formula is C19H23ClN4O3. The zero-order valence-corrected chi connectivity index (χ0v) is 16.5. The van der Waals surface area contributed by atoms with E-state index in [1.807, 2.05) is 0 Å². The van der Waals surface area contributed by atoms with Crippen LogP contribution in [0.25, 0.3) is 0 Å². The highest BCUT2D eigenvalue weighted by Gasteiger charge is 2.18. The van der Waals surface area contributed by atoms with Crippen LogP contribution < -0.4 is 19.7 Å². The summed E-state index contributed by atoms with van der Waals surface area (Å²) in [4.78, 5) is 23.8. The predicted octanol–water partition coefficient (Wildman–Crippen LogP) is 3.70. The molecule has 1 aliphatic rings. The van der Waals surface area contributed by atoms with Crippen molar-refractivity contribution < 1.29 is 14.3 Å². The van der Waals surface area contributed by atoms with E-state index in [0.29, 0.717) is 33.7 Å². The second-order valence-electron chi connectivity index (χ2n) is 6.35. The van der Waals surface area contributed by atoms with Crippen LogP contribution in [0.3, 0.4) is 0 Å². The van der Waals surface area contributed by atoms with Gasteiger partial charge in [0.2, 0.25) is 0 Å². The number of nitrogens with zero attached hydrogens (tertiary/aromatic N) is 3. The lowest BCUT2D eigenvalue weighted by atomic mass is 10.1. The topological polar surface area (TPSA) is 76.6 Å². The van der Waals surface area contributed by atoms with Gasteiger partial charge in [-0.3, -0.25) is 4.79 Å². The number of anilines is 2. The highest BCUT2D eigenvalue weighted by atomic mass is 35.5. The molecule has 144 valence electrons. The van der Waals surface area contributed by atoms with Crippen molar-refractivity contribution in [2.45, 2.75) is 26.2 Å². The van der Waals surface area contributed by atoms with Crippen LogP contribution in [0.5, 0.6) is 11.5 Å². The summed E-state index contributed by atoms with van der Waals surface area (Å²) in [6.07, 6.45) is 3.49. The van der Waals surface area contributed by atoms with Gasteiger partial charge in [-0.05, 0) is 26.2 Å². The van der Waals surface area contributed by atoms with Gasteiger partial charge in [0.25, 0.3) is 5.91 Å². The monoisotopic (exact) mass is 390 g/mol. The number of ether oxygens (including phenoxy) is 2. The maximum Gasteiger partial charge on any atom is 0.274 e. The summed E-state index contributed by atoms with van der Waals surface area (Å²) >= 11 is 6.12. The molecule has 1 saturated heterocycles. The first-order valence-corrected chi connectivity index (χ1v) is 9.23. The molecular weight excluding hydrogens is 368 g/mol. The van der Waals surface area contributed by atoms with Gasteiger partial charge >= 0.3 is 0 Å². The number of rotatable bonds is 5. The van der Waals surface area contributed by atoms with E-state index in [9.17, 15) is 4.79 Å². The largest absolute Gasteiger partial charge is 0.495 e. The highest BCUT2D eigenvalue weighted by molar-refractivity contribution is 6.32. The van der Waals surface area contributed by atoms with Crippen molar-refractivity contribution in [1.29, 1.82) is 0 Å². The molecule has 1 N–H and O–H groups in total. The van der Waals surface area contributed by atoms with Crippen LogP contribution in [0.1, 0.15) is 35.6 Å². The smallest absolute Gasteiger partial charge is 0.274 e. The molecule has 1 aromatic carbocycles. The standard InChI is InChI=1S/C19H23ClN4O3/c1-12-21-15(11-18(22-12)24-7-5-4-6-8-24)19(25)23-14-10-16(26-2)13(20)9-17(14)27-3/h9-11H,4-8H2,1-3H3,(H,23,25). The second-order valence-corrected chi connectivity index (χ2v) is 6.75. The van der Waals surface area contributed by atoms with Gasteiger partial charge < -0.3 is 19.7 Å². The molecule has 8 heteroatoms. The minimum atomic E-state index is -0.346. The third kappa shape index (κ3) is 4.42. The molecule has 0 saturated carbocycles. The molecule has 0 radical (unpaired) electrons. The third-order valence-corrected chi connectivity index (χ3v) is 4.75. The summed E-state index contributed by atoms with van der Waals surface area (Å²) in [6, 6.07) is 4.95. The first-order valence-electron chi connectivity index (χ1n) is 8.85. The van der Waals surface area contributed by atoms with Gasteiger partial charge in [0, 0.05) is 31.3 Å². The Morgan fingerprint density at radius 1 is 1.07 bits per heavy atom. The number of halogens is 1. The van der Waals surface area contributed by atoms with Gasteiger partial charge in [0.15, 0.2) is 0 Å². The minimum absolute atomic E-state index is 0.305. The van der Waals surface area contributed by atoms with Gasteiger partial charge in [-0.1, -0.05) is 11.6 Å².